The molecule has 0 bridgehead atoms. The van der Waals surface area contributed by atoms with Crippen molar-refractivity contribution in [2.45, 2.75) is 12.8 Å². The van der Waals surface area contributed by atoms with Crippen LogP contribution in [0.4, 0.5) is 0 Å². The van der Waals surface area contributed by atoms with E-state index in [2.05, 4.69) is 0 Å². The first kappa shape index (κ1) is 12.8. The second-order valence-corrected chi connectivity index (χ2v) is 1.62. The average molecular weight is 154 g/mol. The van der Waals surface area contributed by atoms with Crippen LogP contribution in [0, 0.1) is 0 Å². The minimum Gasteiger partial charge on any atom is -1.00 e. The van der Waals surface area contributed by atoms with E-state index in [1.807, 2.05) is 0 Å². The molecular weight excluding hydrogens is 147 g/mol. The number of Topliss-reactive ketones (excluding diaryl/α,β-unsaturated/α-hetero) is 1. The Morgan fingerprint density at radius 3 is 1.82 bits per heavy atom. The number of aliphatic carboxylic acids is 2. The van der Waals surface area contributed by atoms with Gasteiger partial charge in [-0.2, -0.15) is 0 Å². The summed E-state index contributed by atoms with van der Waals surface area (Å²) in [5.41, 5.74) is 0. The van der Waals surface area contributed by atoms with Crippen LogP contribution in [-0.2, 0) is 14.4 Å². The zero-order chi connectivity index (χ0) is 8.15. The van der Waals surface area contributed by atoms with Gasteiger partial charge in [0.05, 0.1) is 6.42 Å². The fourth-order valence-corrected chi connectivity index (χ4v) is 0.327. The van der Waals surface area contributed by atoms with E-state index in [4.69, 9.17) is 10.2 Å². The molecule has 0 rings (SSSR count). The van der Waals surface area contributed by atoms with Crippen LogP contribution in [0.25, 0.3) is 0 Å². The van der Waals surface area contributed by atoms with Crippen molar-refractivity contribution in [2.75, 3.05) is 0 Å². The number of carboxylic acid groups (broad SMARTS) is 2. The molecule has 0 aliphatic carbocycles. The molecule has 0 aromatic heterocycles. The molecule has 0 aliphatic rings. The molecule has 0 amide bonds. The van der Waals surface area contributed by atoms with E-state index < -0.39 is 30.6 Å². The normalized spacial score (nSPS) is 8.00. The maximum Gasteiger partial charge on any atom is 1.00 e. The quantitative estimate of drug-likeness (QED) is 0.325. The molecule has 11 heavy (non-hydrogen) atoms. The molecule has 0 aromatic rings. The predicted octanol–water partition coefficient (Wildman–Crippen LogP) is -3.38. The summed E-state index contributed by atoms with van der Waals surface area (Å²) in [5, 5.41) is 16.0. The van der Waals surface area contributed by atoms with Gasteiger partial charge in [0.25, 0.3) is 0 Å². The third-order valence-electron chi connectivity index (χ3n) is 0.804. The van der Waals surface area contributed by atoms with Crippen molar-refractivity contribution < 1.29 is 44.9 Å². The molecule has 58 valence electrons. The molecule has 0 heterocycles. The van der Waals surface area contributed by atoms with Crippen LogP contribution in [0.15, 0.2) is 0 Å². The maximum atomic E-state index is 10.2. The molecule has 0 fully saturated rings. The summed E-state index contributed by atoms with van der Waals surface area (Å²) < 4.78 is 0. The molecule has 0 aromatic carbocycles. The maximum absolute atomic E-state index is 10.2. The molecule has 2 N–H and O–H groups in total. The summed E-state index contributed by atoms with van der Waals surface area (Å²) in [6.45, 7) is 0. The minimum atomic E-state index is -1.58. The predicted molar refractivity (Wildman–Crippen MR) is 30.6 cm³/mol. The first-order valence-electron chi connectivity index (χ1n) is 2.52. The van der Waals surface area contributed by atoms with E-state index in [0.29, 0.717) is 0 Å². The van der Waals surface area contributed by atoms with Crippen LogP contribution in [0.3, 0.4) is 0 Å². The van der Waals surface area contributed by atoms with Gasteiger partial charge in [-0.05, 0) is 0 Å². The second-order valence-electron chi connectivity index (χ2n) is 1.62. The third-order valence-corrected chi connectivity index (χ3v) is 0.804. The van der Waals surface area contributed by atoms with Crippen molar-refractivity contribution in [2.24, 2.45) is 0 Å². The van der Waals surface area contributed by atoms with Crippen LogP contribution in [-0.4, -0.2) is 27.9 Å². The van der Waals surface area contributed by atoms with Gasteiger partial charge in [0, 0.05) is 6.42 Å². The average Bonchev–Trinajstić information content (AvgIpc) is 1.82. The summed E-state index contributed by atoms with van der Waals surface area (Å²) in [7, 11) is 0. The molecule has 5 nitrogen and oxygen atoms in total. The van der Waals surface area contributed by atoms with Gasteiger partial charge in [-0.1, -0.05) is 0 Å². The van der Waals surface area contributed by atoms with E-state index >= 15 is 0 Å². The molecule has 0 atom stereocenters. The summed E-state index contributed by atoms with van der Waals surface area (Å²) in [5.74, 6) is -3.82. The van der Waals surface area contributed by atoms with Crippen LogP contribution in [0.1, 0.15) is 14.3 Å². The van der Waals surface area contributed by atoms with E-state index in [1.54, 1.807) is 0 Å². The molecule has 0 aliphatic heterocycles. The molecule has 0 saturated heterocycles. The van der Waals surface area contributed by atoms with Crippen LogP contribution in [0.2, 0.25) is 0 Å². The fraction of sp³-hybridized carbons (Fsp3) is 0.400. The van der Waals surface area contributed by atoms with Gasteiger partial charge in [0.1, 0.15) is 0 Å². The minimum absolute atomic E-state index is 0. The first-order valence-corrected chi connectivity index (χ1v) is 2.52. The number of rotatable bonds is 4. The zero-order valence-electron chi connectivity index (χ0n) is 7.03. The van der Waals surface area contributed by atoms with Gasteiger partial charge in [-0.15, -0.1) is 0 Å². The van der Waals surface area contributed by atoms with Gasteiger partial charge >= 0.3 is 30.8 Å². The molecule has 0 saturated carbocycles. The third kappa shape index (κ3) is 7.10. The summed E-state index contributed by atoms with van der Waals surface area (Å²) in [6.07, 6.45) is -0.865. The molecule has 0 radical (unpaired) electrons. The topological polar surface area (TPSA) is 91.7 Å². The van der Waals surface area contributed by atoms with Gasteiger partial charge in [-0.3, -0.25) is 9.59 Å². The van der Waals surface area contributed by atoms with Gasteiger partial charge in [-0.25, -0.2) is 4.79 Å². The van der Waals surface area contributed by atoms with Crippen molar-refractivity contribution in [3.63, 3.8) is 0 Å². The molecule has 0 unspecified atom stereocenters. The van der Waals surface area contributed by atoms with E-state index in [0.717, 1.165) is 0 Å². The smallest absolute Gasteiger partial charge is 1.00 e. The van der Waals surface area contributed by atoms with Crippen molar-refractivity contribution in [3.8, 4) is 0 Å². The Labute approximate surface area is 76.1 Å². The van der Waals surface area contributed by atoms with Crippen LogP contribution in [0.5, 0.6) is 0 Å². The van der Waals surface area contributed by atoms with Crippen molar-refractivity contribution in [3.05, 3.63) is 0 Å². The first-order chi connectivity index (χ1) is 4.54. The van der Waals surface area contributed by atoms with Crippen LogP contribution >= 0.6 is 0 Å². The second kappa shape index (κ2) is 5.95. The van der Waals surface area contributed by atoms with Crippen molar-refractivity contribution >= 4 is 17.7 Å². The standard InChI is InChI=1S/C5H6O5.Li.H/c6-3(5(9)10)1-2-4(7)8;;/h1-2H2,(H,7,8)(H,9,10);;/q;+1;-1. The number of carboxylic acids is 2. The number of ketones is 1. The monoisotopic (exact) mass is 154 g/mol. The zero-order valence-corrected chi connectivity index (χ0v) is 6.03. The van der Waals surface area contributed by atoms with Gasteiger partial charge in [0.2, 0.25) is 5.78 Å². The number of hydrogen-bond donors (Lipinski definition) is 2. The van der Waals surface area contributed by atoms with Crippen LogP contribution < -0.4 is 18.9 Å². The number of hydrogen-bond acceptors (Lipinski definition) is 3. The summed E-state index contributed by atoms with van der Waals surface area (Å²) in [4.78, 5) is 29.7. The number of carbonyl (C=O) groups is 3. The molecule has 0 spiro atoms. The van der Waals surface area contributed by atoms with Crippen molar-refractivity contribution in [1.82, 2.24) is 0 Å². The molecule has 6 heteroatoms. The van der Waals surface area contributed by atoms with E-state index in [-0.39, 0.29) is 20.3 Å². The van der Waals surface area contributed by atoms with Crippen molar-refractivity contribution in [1.29, 1.82) is 0 Å². The number of carbonyl (C=O) groups excluding carboxylic acids is 1. The van der Waals surface area contributed by atoms with E-state index in [9.17, 15) is 14.4 Å². The SMILES string of the molecule is O=C(O)CCC(=O)C(=O)O.[H-].[Li+]. The Morgan fingerprint density at radius 1 is 1.09 bits per heavy atom. The Balaban J connectivity index is -0.000000405. The Kier molecular flexibility index (Phi) is 6.95. The Hall–Kier alpha value is -0.793. The molecular formula is C5H7LiO5. The summed E-state index contributed by atoms with van der Waals surface area (Å²) >= 11 is 0. The van der Waals surface area contributed by atoms with E-state index in [1.165, 1.54) is 0 Å². The van der Waals surface area contributed by atoms with Gasteiger partial charge < -0.3 is 11.6 Å². The fourth-order valence-electron chi connectivity index (χ4n) is 0.327. The Bertz CT molecular complexity index is 181. The van der Waals surface area contributed by atoms with Gasteiger partial charge in [0.15, 0.2) is 0 Å². The Morgan fingerprint density at radius 2 is 1.55 bits per heavy atom. The summed E-state index contributed by atoms with van der Waals surface area (Å²) in [6, 6.07) is 0. The largest absolute Gasteiger partial charge is 1.00 e.